The molecule has 1 saturated heterocycles. The van der Waals surface area contributed by atoms with E-state index in [4.69, 9.17) is 16.2 Å². The summed E-state index contributed by atoms with van der Waals surface area (Å²) in [6, 6.07) is 5.61. The molecule has 5 rings (SSSR count). The Hall–Kier alpha value is -4.30. The molecule has 3 heterocycles. The molecule has 2 aromatic carbocycles. The Balaban J connectivity index is 1.57. The molecule has 0 atom stereocenters. The number of aromatic nitrogens is 3. The molecule has 39 heavy (non-hydrogen) atoms. The van der Waals surface area contributed by atoms with Crippen molar-refractivity contribution in [2.24, 2.45) is 5.73 Å². The van der Waals surface area contributed by atoms with Gasteiger partial charge >= 0.3 is 12.2 Å². The first kappa shape index (κ1) is 26.3. The first-order valence-electron chi connectivity index (χ1n) is 11.7. The molecule has 4 N–H and O–H groups in total. The summed E-state index contributed by atoms with van der Waals surface area (Å²) in [6.07, 6.45) is -3.60. The van der Waals surface area contributed by atoms with Crippen LogP contribution in [0.15, 0.2) is 48.8 Å². The molecular weight excluding hydrogens is 525 g/mol. The van der Waals surface area contributed by atoms with Crippen molar-refractivity contribution >= 4 is 28.7 Å². The summed E-state index contributed by atoms with van der Waals surface area (Å²) in [4.78, 5) is 18.9. The first-order chi connectivity index (χ1) is 18.5. The lowest BCUT2D eigenvalue weighted by Gasteiger charge is -2.26. The topological polar surface area (TPSA) is 115 Å². The molecule has 1 aliphatic heterocycles. The number of nitrogens with zero attached hydrogens (tertiary/aromatic N) is 5. The number of hydrogen-bond acceptors (Lipinski definition) is 6. The van der Waals surface area contributed by atoms with E-state index in [2.05, 4.69) is 15.0 Å². The molecule has 0 spiro atoms. The fraction of sp³-hybridized carbons (Fsp3) is 0.240. The molecule has 0 bridgehead atoms. The van der Waals surface area contributed by atoms with Gasteiger partial charge in [-0.1, -0.05) is 6.07 Å². The zero-order valence-corrected chi connectivity index (χ0v) is 20.3. The van der Waals surface area contributed by atoms with Gasteiger partial charge in [0.05, 0.1) is 35.8 Å². The Kier molecular flexibility index (Phi) is 6.82. The number of anilines is 3. The molecule has 0 radical (unpaired) electrons. The molecule has 0 saturated carbocycles. The van der Waals surface area contributed by atoms with Gasteiger partial charge in [0.1, 0.15) is 23.5 Å². The number of ether oxygens (including phenoxy) is 1. The number of hydrogen-bond donors (Lipinski definition) is 2. The van der Waals surface area contributed by atoms with Gasteiger partial charge in [0.25, 0.3) is 0 Å². The van der Waals surface area contributed by atoms with E-state index in [1.165, 1.54) is 18.5 Å². The second kappa shape index (κ2) is 10.1. The average Bonchev–Trinajstić information content (AvgIpc) is 3.24. The van der Waals surface area contributed by atoms with Crippen molar-refractivity contribution in [1.29, 1.82) is 0 Å². The maximum atomic E-state index is 15.5. The quantitative estimate of drug-likeness (QED) is 0.360. The van der Waals surface area contributed by atoms with Crippen LogP contribution in [0.2, 0.25) is 0 Å². The van der Waals surface area contributed by atoms with Crippen LogP contribution in [-0.2, 0) is 17.5 Å². The van der Waals surface area contributed by atoms with Crippen molar-refractivity contribution < 1.29 is 31.5 Å². The van der Waals surface area contributed by atoms with Gasteiger partial charge in [-0.15, -0.1) is 0 Å². The van der Waals surface area contributed by atoms with Crippen LogP contribution in [0, 0.1) is 11.6 Å². The number of primary amides is 1. The molecule has 14 heteroatoms. The number of amides is 2. The molecule has 204 valence electrons. The second-order valence-electron chi connectivity index (χ2n) is 8.88. The maximum Gasteiger partial charge on any atom is 0.416 e. The zero-order chi connectivity index (χ0) is 27.9. The molecule has 2 aromatic heterocycles. The zero-order valence-electron chi connectivity index (χ0n) is 20.3. The van der Waals surface area contributed by atoms with E-state index < -0.39 is 40.8 Å². The second-order valence-corrected chi connectivity index (χ2v) is 8.88. The average molecular weight is 547 g/mol. The molecular formula is C25H22F5N7O2. The van der Waals surface area contributed by atoms with Crippen LogP contribution in [-0.4, -0.2) is 51.8 Å². The summed E-state index contributed by atoms with van der Waals surface area (Å²) < 4.78 is 76.2. The first-order valence-corrected chi connectivity index (χ1v) is 11.7. The Labute approximate surface area is 218 Å². The third-order valence-corrected chi connectivity index (χ3v) is 6.33. The molecule has 0 unspecified atom stereocenters. The normalized spacial score (nSPS) is 14.6. The van der Waals surface area contributed by atoms with Crippen LogP contribution in [0.3, 0.4) is 0 Å². The van der Waals surface area contributed by atoms with Crippen LogP contribution < -0.4 is 16.4 Å². The molecule has 9 nitrogen and oxygen atoms in total. The smallest absolute Gasteiger partial charge is 0.382 e. The highest BCUT2D eigenvalue weighted by Crippen LogP contribution is 2.38. The minimum Gasteiger partial charge on any atom is -0.382 e. The predicted molar refractivity (Wildman–Crippen MR) is 132 cm³/mol. The van der Waals surface area contributed by atoms with Crippen LogP contribution in [0.25, 0.3) is 16.6 Å². The third-order valence-electron chi connectivity index (χ3n) is 6.33. The van der Waals surface area contributed by atoms with E-state index in [0.717, 1.165) is 11.8 Å². The lowest BCUT2D eigenvalue weighted by molar-refractivity contribution is -0.137. The van der Waals surface area contributed by atoms with Gasteiger partial charge in [0.2, 0.25) is 0 Å². The fourth-order valence-electron chi connectivity index (χ4n) is 4.56. The fourth-order valence-corrected chi connectivity index (χ4v) is 4.56. The number of alkyl halides is 3. The third kappa shape index (κ3) is 5.20. The summed E-state index contributed by atoms with van der Waals surface area (Å²) in [5.41, 5.74) is 11.1. The summed E-state index contributed by atoms with van der Waals surface area (Å²) >= 11 is 0. The van der Waals surface area contributed by atoms with Gasteiger partial charge in [-0.25, -0.2) is 23.1 Å². The van der Waals surface area contributed by atoms with E-state index in [9.17, 15) is 22.4 Å². The van der Waals surface area contributed by atoms with E-state index in [1.54, 1.807) is 10.6 Å². The minimum absolute atomic E-state index is 0.149. The predicted octanol–water partition coefficient (Wildman–Crippen LogP) is 4.32. The van der Waals surface area contributed by atoms with Crippen LogP contribution in [0.1, 0.15) is 11.3 Å². The highest BCUT2D eigenvalue weighted by Gasteiger charge is 2.33. The van der Waals surface area contributed by atoms with E-state index in [0.29, 0.717) is 66.5 Å². The number of carbonyl (C=O) groups excluding carboxylic acids is 1. The SMILES string of the molecule is NC(=O)N(c1cc(F)cc(C(F)(F)F)c1)c1ccc(-c2cc(CN3CCOCC3)n3ncnc(N)c23)cc1F. The van der Waals surface area contributed by atoms with E-state index >= 15 is 4.39 Å². The number of rotatable bonds is 5. The van der Waals surface area contributed by atoms with Crippen LogP contribution in [0.5, 0.6) is 0 Å². The summed E-state index contributed by atoms with van der Waals surface area (Å²) in [5.74, 6) is -2.11. The van der Waals surface area contributed by atoms with Gasteiger partial charge < -0.3 is 16.2 Å². The standard InChI is InChI=1S/C25H22F5N7O2/c26-16-8-15(25(28,29)30)9-17(10-16)36(24(32)38)21-2-1-14(7-20(21)27)19-11-18(12-35-3-5-39-6-4-35)37-22(19)23(31)33-13-34-37/h1-2,7-11,13H,3-6,12H2,(H2,32,38)(H2,31,33,34). The number of morpholine rings is 1. The van der Waals surface area contributed by atoms with Crippen molar-refractivity contribution in [1.82, 2.24) is 19.5 Å². The Morgan fingerprint density at radius 2 is 1.82 bits per heavy atom. The van der Waals surface area contributed by atoms with Gasteiger partial charge in [-0.2, -0.15) is 18.3 Å². The minimum atomic E-state index is -4.90. The van der Waals surface area contributed by atoms with Crippen molar-refractivity contribution in [3.63, 3.8) is 0 Å². The number of nitrogen functional groups attached to an aromatic ring is 1. The summed E-state index contributed by atoms with van der Waals surface area (Å²) in [6.45, 7) is 3.12. The summed E-state index contributed by atoms with van der Waals surface area (Å²) in [7, 11) is 0. The molecule has 0 aliphatic carbocycles. The Morgan fingerprint density at radius 3 is 2.49 bits per heavy atom. The van der Waals surface area contributed by atoms with Crippen LogP contribution in [0.4, 0.5) is 43.9 Å². The van der Waals surface area contributed by atoms with Crippen molar-refractivity contribution in [2.75, 3.05) is 36.9 Å². The number of benzene rings is 2. The van der Waals surface area contributed by atoms with Gasteiger partial charge in [-0.3, -0.25) is 9.80 Å². The molecule has 4 aromatic rings. The monoisotopic (exact) mass is 547 g/mol. The van der Waals surface area contributed by atoms with E-state index in [-0.39, 0.29) is 11.9 Å². The molecule has 2 amide bonds. The number of halogens is 5. The highest BCUT2D eigenvalue weighted by atomic mass is 19.4. The summed E-state index contributed by atoms with van der Waals surface area (Å²) in [5, 5.41) is 4.30. The van der Waals surface area contributed by atoms with Crippen LogP contribution >= 0.6 is 0 Å². The van der Waals surface area contributed by atoms with Gasteiger partial charge in [-0.05, 0) is 42.0 Å². The van der Waals surface area contributed by atoms with Gasteiger partial charge in [0, 0.05) is 25.2 Å². The molecule has 1 fully saturated rings. The number of urea groups is 1. The van der Waals surface area contributed by atoms with Crippen molar-refractivity contribution in [3.05, 3.63) is 71.7 Å². The van der Waals surface area contributed by atoms with E-state index in [1.807, 2.05) is 0 Å². The lowest BCUT2D eigenvalue weighted by atomic mass is 10.0. The lowest BCUT2D eigenvalue weighted by Crippen LogP contribution is -2.36. The number of fused-ring (bicyclic) bond motifs is 1. The number of nitrogens with two attached hydrogens (primary N) is 2. The van der Waals surface area contributed by atoms with Crippen molar-refractivity contribution in [3.8, 4) is 11.1 Å². The Morgan fingerprint density at radius 1 is 1.08 bits per heavy atom. The van der Waals surface area contributed by atoms with Crippen molar-refractivity contribution in [2.45, 2.75) is 12.7 Å². The highest BCUT2D eigenvalue weighted by molar-refractivity contribution is 5.99. The maximum absolute atomic E-state index is 15.5. The largest absolute Gasteiger partial charge is 0.416 e. The molecule has 1 aliphatic rings. The number of carbonyl (C=O) groups is 1. The van der Waals surface area contributed by atoms with Gasteiger partial charge in [0.15, 0.2) is 5.82 Å². The Bertz CT molecular complexity index is 1550.